The van der Waals surface area contributed by atoms with E-state index in [1.54, 1.807) is 24.3 Å². The Morgan fingerprint density at radius 2 is 2.05 bits per heavy atom. The predicted molar refractivity (Wildman–Crippen MR) is 78.3 cm³/mol. The molecule has 1 aromatic rings. The summed E-state index contributed by atoms with van der Waals surface area (Å²) in [5, 5.41) is 8.81. The average Bonchev–Trinajstić information content (AvgIpc) is 2.73. The standard InChI is InChI=1S/C16H23NO3/c1-12-10-13(2)17(11-12)8-3-9-20-15-6-4-14(5-7-15)16(18)19/h4-7,12-13H,3,8-11H2,1-2H3,(H,18,19). The van der Waals surface area contributed by atoms with Crippen LogP contribution in [0.2, 0.25) is 0 Å². The van der Waals surface area contributed by atoms with Gasteiger partial charge in [0.2, 0.25) is 0 Å². The van der Waals surface area contributed by atoms with Crippen molar-refractivity contribution >= 4 is 5.97 Å². The van der Waals surface area contributed by atoms with E-state index in [1.807, 2.05) is 0 Å². The van der Waals surface area contributed by atoms with Gasteiger partial charge in [0.05, 0.1) is 12.2 Å². The van der Waals surface area contributed by atoms with Gasteiger partial charge in [-0.15, -0.1) is 0 Å². The van der Waals surface area contributed by atoms with Crippen LogP contribution in [-0.4, -0.2) is 41.7 Å². The summed E-state index contributed by atoms with van der Waals surface area (Å²) in [6.07, 6.45) is 2.29. The summed E-state index contributed by atoms with van der Waals surface area (Å²) in [5.41, 5.74) is 0.289. The minimum absolute atomic E-state index is 0.289. The van der Waals surface area contributed by atoms with Crippen LogP contribution in [0.1, 0.15) is 37.0 Å². The molecule has 1 aliphatic heterocycles. The second-order valence-electron chi connectivity index (χ2n) is 5.72. The van der Waals surface area contributed by atoms with Crippen LogP contribution in [0.4, 0.5) is 0 Å². The van der Waals surface area contributed by atoms with Crippen molar-refractivity contribution in [2.24, 2.45) is 5.92 Å². The lowest BCUT2D eigenvalue weighted by molar-refractivity contribution is 0.0697. The van der Waals surface area contributed by atoms with Crippen LogP contribution in [-0.2, 0) is 0 Å². The number of carboxylic acids is 1. The third kappa shape index (κ3) is 3.97. The first-order valence-electron chi connectivity index (χ1n) is 7.26. The zero-order valence-electron chi connectivity index (χ0n) is 12.2. The smallest absolute Gasteiger partial charge is 0.335 e. The molecule has 20 heavy (non-hydrogen) atoms. The maximum atomic E-state index is 10.7. The van der Waals surface area contributed by atoms with E-state index >= 15 is 0 Å². The summed E-state index contributed by atoms with van der Waals surface area (Å²) in [6.45, 7) is 7.52. The van der Waals surface area contributed by atoms with Gasteiger partial charge in [0.1, 0.15) is 5.75 Å². The fourth-order valence-electron chi connectivity index (χ4n) is 2.85. The molecule has 0 saturated carbocycles. The van der Waals surface area contributed by atoms with E-state index in [1.165, 1.54) is 13.0 Å². The lowest BCUT2D eigenvalue weighted by Crippen LogP contribution is -2.29. The summed E-state index contributed by atoms with van der Waals surface area (Å²) in [6, 6.07) is 7.25. The topological polar surface area (TPSA) is 49.8 Å². The summed E-state index contributed by atoms with van der Waals surface area (Å²) in [7, 11) is 0. The zero-order valence-corrected chi connectivity index (χ0v) is 12.2. The second-order valence-corrected chi connectivity index (χ2v) is 5.72. The van der Waals surface area contributed by atoms with Gasteiger partial charge >= 0.3 is 5.97 Å². The predicted octanol–water partition coefficient (Wildman–Crippen LogP) is 2.88. The van der Waals surface area contributed by atoms with Crippen LogP contribution >= 0.6 is 0 Å². The molecule has 4 heteroatoms. The van der Waals surface area contributed by atoms with Gasteiger partial charge in [-0.3, -0.25) is 0 Å². The van der Waals surface area contributed by atoms with Crippen molar-refractivity contribution < 1.29 is 14.6 Å². The number of likely N-dealkylation sites (tertiary alicyclic amines) is 1. The minimum atomic E-state index is -0.909. The molecule has 1 aliphatic rings. The molecule has 0 aromatic heterocycles. The monoisotopic (exact) mass is 277 g/mol. The second kappa shape index (κ2) is 6.75. The Bertz CT molecular complexity index is 444. The summed E-state index contributed by atoms with van der Waals surface area (Å²) in [5.74, 6) is 0.626. The van der Waals surface area contributed by atoms with Gasteiger partial charge < -0.3 is 14.7 Å². The quantitative estimate of drug-likeness (QED) is 0.812. The Balaban J connectivity index is 1.69. The van der Waals surface area contributed by atoms with Crippen molar-refractivity contribution in [3.05, 3.63) is 29.8 Å². The molecule has 2 atom stereocenters. The Morgan fingerprint density at radius 3 is 2.60 bits per heavy atom. The first-order valence-corrected chi connectivity index (χ1v) is 7.26. The highest BCUT2D eigenvalue weighted by Crippen LogP contribution is 2.22. The molecule has 4 nitrogen and oxygen atoms in total. The van der Waals surface area contributed by atoms with Crippen molar-refractivity contribution in [2.75, 3.05) is 19.7 Å². The molecule has 1 aromatic carbocycles. The fourth-order valence-corrected chi connectivity index (χ4v) is 2.85. The first kappa shape index (κ1) is 14.9. The maximum Gasteiger partial charge on any atom is 0.335 e. The van der Waals surface area contributed by atoms with Crippen molar-refractivity contribution in [1.29, 1.82) is 0 Å². The minimum Gasteiger partial charge on any atom is -0.494 e. The first-order chi connectivity index (χ1) is 9.56. The van der Waals surface area contributed by atoms with Crippen molar-refractivity contribution in [1.82, 2.24) is 4.90 Å². The Kier molecular flexibility index (Phi) is 5.01. The molecule has 0 aliphatic carbocycles. The SMILES string of the molecule is CC1CC(C)N(CCCOc2ccc(C(=O)O)cc2)C1. The molecule has 0 radical (unpaired) electrons. The normalized spacial score (nSPS) is 22.9. The van der Waals surface area contributed by atoms with Gasteiger partial charge in [0.25, 0.3) is 0 Å². The number of carbonyl (C=O) groups is 1. The largest absolute Gasteiger partial charge is 0.494 e. The lowest BCUT2D eigenvalue weighted by atomic mass is 10.1. The van der Waals surface area contributed by atoms with Crippen LogP contribution in [0, 0.1) is 5.92 Å². The number of benzene rings is 1. The lowest BCUT2D eigenvalue weighted by Gasteiger charge is -2.20. The van der Waals surface area contributed by atoms with Gasteiger partial charge in [-0.25, -0.2) is 4.79 Å². The van der Waals surface area contributed by atoms with Gasteiger partial charge in [-0.05, 0) is 49.9 Å². The third-order valence-corrected chi connectivity index (χ3v) is 3.87. The molecular formula is C16H23NO3. The molecular weight excluding hydrogens is 254 g/mol. The molecule has 1 N–H and O–H groups in total. The summed E-state index contributed by atoms with van der Waals surface area (Å²) >= 11 is 0. The number of ether oxygens (including phenoxy) is 1. The Hall–Kier alpha value is -1.55. The summed E-state index contributed by atoms with van der Waals surface area (Å²) in [4.78, 5) is 13.2. The molecule has 0 spiro atoms. The van der Waals surface area contributed by atoms with Crippen LogP contribution in [0.25, 0.3) is 0 Å². The Morgan fingerprint density at radius 1 is 1.35 bits per heavy atom. The van der Waals surface area contributed by atoms with E-state index in [0.717, 1.165) is 24.6 Å². The molecule has 1 saturated heterocycles. The van der Waals surface area contributed by atoms with Gasteiger partial charge in [-0.1, -0.05) is 6.92 Å². The van der Waals surface area contributed by atoms with E-state index < -0.39 is 5.97 Å². The highest BCUT2D eigenvalue weighted by molar-refractivity contribution is 5.87. The highest BCUT2D eigenvalue weighted by Gasteiger charge is 2.25. The van der Waals surface area contributed by atoms with Gasteiger partial charge in [0, 0.05) is 19.1 Å². The van der Waals surface area contributed by atoms with Gasteiger partial charge in [0.15, 0.2) is 0 Å². The van der Waals surface area contributed by atoms with Crippen LogP contribution in [0.15, 0.2) is 24.3 Å². The van der Waals surface area contributed by atoms with E-state index in [9.17, 15) is 4.79 Å². The van der Waals surface area contributed by atoms with Gasteiger partial charge in [-0.2, -0.15) is 0 Å². The molecule has 110 valence electrons. The van der Waals surface area contributed by atoms with Crippen LogP contribution < -0.4 is 4.74 Å². The van der Waals surface area contributed by atoms with E-state index in [4.69, 9.17) is 9.84 Å². The van der Waals surface area contributed by atoms with Crippen LogP contribution in [0.3, 0.4) is 0 Å². The molecule has 2 unspecified atom stereocenters. The third-order valence-electron chi connectivity index (χ3n) is 3.87. The maximum absolute atomic E-state index is 10.7. The number of rotatable bonds is 6. The number of nitrogens with zero attached hydrogens (tertiary/aromatic N) is 1. The molecule has 1 fully saturated rings. The van der Waals surface area contributed by atoms with Crippen molar-refractivity contribution in [3.63, 3.8) is 0 Å². The average molecular weight is 277 g/mol. The zero-order chi connectivity index (χ0) is 14.5. The number of hydrogen-bond donors (Lipinski definition) is 1. The van der Waals surface area contributed by atoms with E-state index in [0.29, 0.717) is 12.6 Å². The molecule has 1 heterocycles. The molecule has 0 bridgehead atoms. The number of hydrogen-bond acceptors (Lipinski definition) is 3. The van der Waals surface area contributed by atoms with Crippen molar-refractivity contribution in [3.8, 4) is 5.75 Å². The molecule has 2 rings (SSSR count). The Labute approximate surface area is 120 Å². The number of aromatic carboxylic acids is 1. The van der Waals surface area contributed by atoms with E-state index in [-0.39, 0.29) is 5.56 Å². The molecule has 0 amide bonds. The van der Waals surface area contributed by atoms with E-state index in [2.05, 4.69) is 18.7 Å². The fraction of sp³-hybridized carbons (Fsp3) is 0.562. The van der Waals surface area contributed by atoms with Crippen molar-refractivity contribution in [2.45, 2.75) is 32.7 Å². The number of carboxylic acid groups (broad SMARTS) is 1. The summed E-state index contributed by atoms with van der Waals surface area (Å²) < 4.78 is 5.64. The van der Waals surface area contributed by atoms with Crippen LogP contribution in [0.5, 0.6) is 5.75 Å². The highest BCUT2D eigenvalue weighted by atomic mass is 16.5.